The number of rotatable bonds is 8. The van der Waals surface area contributed by atoms with Gasteiger partial charge >= 0.3 is 5.97 Å². The molecule has 1 unspecified atom stereocenters. The van der Waals surface area contributed by atoms with E-state index in [1.54, 1.807) is 24.3 Å². The molecule has 5 nitrogen and oxygen atoms in total. The van der Waals surface area contributed by atoms with Crippen LogP contribution in [0.25, 0.3) is 0 Å². The van der Waals surface area contributed by atoms with Gasteiger partial charge in [-0.25, -0.2) is 4.79 Å². The van der Waals surface area contributed by atoms with Gasteiger partial charge < -0.3 is 20.3 Å². The number of unbranched alkanes of at least 4 members (excludes halogenated alkanes) is 1. The van der Waals surface area contributed by atoms with Crippen molar-refractivity contribution in [2.75, 3.05) is 25.1 Å². The van der Waals surface area contributed by atoms with Crippen molar-refractivity contribution < 1.29 is 19.7 Å². The van der Waals surface area contributed by atoms with Gasteiger partial charge in [0, 0.05) is 12.2 Å². The van der Waals surface area contributed by atoms with Gasteiger partial charge in [0.25, 0.3) is 0 Å². The molecule has 0 heterocycles. The van der Waals surface area contributed by atoms with E-state index in [2.05, 4.69) is 5.32 Å². The Labute approximate surface area is 113 Å². The molecule has 0 aromatic heterocycles. The molecule has 1 atom stereocenters. The van der Waals surface area contributed by atoms with Crippen molar-refractivity contribution in [2.24, 2.45) is 0 Å². The topological polar surface area (TPSA) is 78.8 Å². The van der Waals surface area contributed by atoms with Crippen LogP contribution in [-0.4, -0.2) is 42.0 Å². The molecule has 3 N–H and O–H groups in total. The summed E-state index contributed by atoms with van der Waals surface area (Å²) in [5.41, 5.74) is 1.28. The van der Waals surface area contributed by atoms with E-state index in [-0.39, 0.29) is 19.1 Å². The predicted molar refractivity (Wildman–Crippen MR) is 73.2 cm³/mol. The Hall–Kier alpha value is -1.59. The zero-order valence-electron chi connectivity index (χ0n) is 11.1. The molecule has 0 fully saturated rings. The first-order chi connectivity index (χ1) is 9.17. The summed E-state index contributed by atoms with van der Waals surface area (Å²) in [6.07, 6.45) is 1.06. The number of benzene rings is 1. The van der Waals surface area contributed by atoms with Crippen LogP contribution in [-0.2, 0) is 4.74 Å². The summed E-state index contributed by atoms with van der Waals surface area (Å²) in [6.45, 7) is 2.46. The molecule has 0 saturated carbocycles. The minimum Gasteiger partial charge on any atom is -0.462 e. The number of carbonyl (C=O) groups is 1. The highest BCUT2D eigenvalue weighted by atomic mass is 16.5. The number of carbonyl (C=O) groups excluding carboxylic acids is 1. The molecule has 1 rings (SSSR count). The van der Waals surface area contributed by atoms with Gasteiger partial charge in [0.15, 0.2) is 0 Å². The first kappa shape index (κ1) is 15.5. The minimum absolute atomic E-state index is 0.261. The molecule has 0 amide bonds. The highest BCUT2D eigenvalue weighted by Gasteiger charge is 2.07. The number of aliphatic hydroxyl groups excluding tert-OH is 2. The summed E-state index contributed by atoms with van der Waals surface area (Å²) in [6, 6.07) is 6.81. The summed E-state index contributed by atoms with van der Waals surface area (Å²) in [5.74, 6) is -0.324. The van der Waals surface area contributed by atoms with Crippen LogP contribution in [0, 0.1) is 0 Å². The van der Waals surface area contributed by atoms with Gasteiger partial charge in [-0.15, -0.1) is 0 Å². The molecule has 0 aliphatic rings. The fourth-order valence-electron chi connectivity index (χ4n) is 1.42. The molecule has 5 heteroatoms. The summed E-state index contributed by atoms with van der Waals surface area (Å²) >= 11 is 0. The predicted octanol–water partition coefficient (Wildman–Crippen LogP) is 1.41. The van der Waals surface area contributed by atoms with Crippen molar-refractivity contribution in [3.05, 3.63) is 29.8 Å². The molecule has 19 heavy (non-hydrogen) atoms. The molecule has 1 aromatic rings. The van der Waals surface area contributed by atoms with Crippen LogP contribution in [0.3, 0.4) is 0 Å². The lowest BCUT2D eigenvalue weighted by Gasteiger charge is -2.10. The highest BCUT2D eigenvalue weighted by Crippen LogP contribution is 2.10. The second-order valence-electron chi connectivity index (χ2n) is 4.28. The Morgan fingerprint density at radius 1 is 1.37 bits per heavy atom. The van der Waals surface area contributed by atoms with Crippen LogP contribution in [0.4, 0.5) is 5.69 Å². The second-order valence-corrected chi connectivity index (χ2v) is 4.28. The number of ether oxygens (including phenoxy) is 1. The maximum Gasteiger partial charge on any atom is 0.338 e. The van der Waals surface area contributed by atoms with Crippen LogP contribution in [0.2, 0.25) is 0 Å². The van der Waals surface area contributed by atoms with E-state index in [0.717, 1.165) is 18.5 Å². The number of esters is 1. The van der Waals surface area contributed by atoms with Crippen LogP contribution in [0.15, 0.2) is 24.3 Å². The van der Waals surface area contributed by atoms with Crippen molar-refractivity contribution in [1.82, 2.24) is 0 Å². The molecular weight excluding hydrogens is 246 g/mol. The van der Waals surface area contributed by atoms with E-state index in [0.29, 0.717) is 12.2 Å². The van der Waals surface area contributed by atoms with Crippen molar-refractivity contribution in [3.8, 4) is 0 Å². The largest absolute Gasteiger partial charge is 0.462 e. The molecule has 0 aliphatic heterocycles. The smallest absolute Gasteiger partial charge is 0.338 e. The van der Waals surface area contributed by atoms with E-state index >= 15 is 0 Å². The molecular formula is C14H21NO4. The summed E-state index contributed by atoms with van der Waals surface area (Å²) in [4.78, 5) is 11.6. The monoisotopic (exact) mass is 267 g/mol. The molecule has 0 aliphatic carbocycles. The number of hydrogen-bond donors (Lipinski definition) is 3. The number of hydrogen-bond acceptors (Lipinski definition) is 5. The standard InChI is InChI=1S/C14H21NO4/c1-2-3-8-19-14(18)11-4-6-12(7-5-11)15-9-13(17)10-16/h4-7,13,15-17H,2-3,8-10H2,1H3. The normalized spacial score (nSPS) is 11.9. The van der Waals surface area contributed by atoms with E-state index < -0.39 is 6.10 Å². The molecule has 106 valence electrons. The lowest BCUT2D eigenvalue weighted by Crippen LogP contribution is -2.22. The fraction of sp³-hybridized carbons (Fsp3) is 0.500. The third-order valence-corrected chi connectivity index (χ3v) is 2.60. The van der Waals surface area contributed by atoms with Gasteiger partial charge in [-0.05, 0) is 30.7 Å². The van der Waals surface area contributed by atoms with Gasteiger partial charge in [-0.2, -0.15) is 0 Å². The molecule has 0 saturated heterocycles. The average molecular weight is 267 g/mol. The number of aliphatic hydroxyl groups is 2. The third kappa shape index (κ3) is 5.72. The van der Waals surface area contributed by atoms with Crippen molar-refractivity contribution in [2.45, 2.75) is 25.9 Å². The maximum atomic E-state index is 11.6. The van der Waals surface area contributed by atoms with Crippen LogP contribution >= 0.6 is 0 Å². The van der Waals surface area contributed by atoms with Gasteiger partial charge in [-0.3, -0.25) is 0 Å². The SMILES string of the molecule is CCCCOC(=O)c1ccc(NCC(O)CO)cc1. The Morgan fingerprint density at radius 3 is 2.63 bits per heavy atom. The highest BCUT2D eigenvalue weighted by molar-refractivity contribution is 5.89. The first-order valence-corrected chi connectivity index (χ1v) is 6.47. The molecule has 1 aromatic carbocycles. The van der Waals surface area contributed by atoms with Crippen LogP contribution in [0.5, 0.6) is 0 Å². The second kappa shape index (κ2) is 8.50. The van der Waals surface area contributed by atoms with Crippen molar-refractivity contribution in [3.63, 3.8) is 0 Å². The van der Waals surface area contributed by atoms with E-state index in [4.69, 9.17) is 9.84 Å². The van der Waals surface area contributed by atoms with E-state index in [1.807, 2.05) is 6.92 Å². The summed E-state index contributed by atoms with van der Waals surface area (Å²) < 4.78 is 5.09. The first-order valence-electron chi connectivity index (χ1n) is 6.47. The lowest BCUT2D eigenvalue weighted by atomic mass is 10.2. The zero-order chi connectivity index (χ0) is 14.1. The van der Waals surface area contributed by atoms with Crippen LogP contribution < -0.4 is 5.32 Å². The van der Waals surface area contributed by atoms with Gasteiger partial charge in [0.05, 0.1) is 24.9 Å². The quantitative estimate of drug-likeness (QED) is 0.490. The Morgan fingerprint density at radius 2 is 2.05 bits per heavy atom. The Kier molecular flexibility index (Phi) is 6.92. The average Bonchev–Trinajstić information content (AvgIpc) is 2.45. The summed E-state index contributed by atoms with van der Waals surface area (Å²) in [5, 5.41) is 20.8. The number of anilines is 1. The van der Waals surface area contributed by atoms with Crippen molar-refractivity contribution >= 4 is 11.7 Å². The molecule has 0 spiro atoms. The third-order valence-electron chi connectivity index (χ3n) is 2.60. The minimum atomic E-state index is -0.793. The zero-order valence-corrected chi connectivity index (χ0v) is 11.1. The van der Waals surface area contributed by atoms with Gasteiger partial charge in [-0.1, -0.05) is 13.3 Å². The molecule has 0 bridgehead atoms. The van der Waals surface area contributed by atoms with Gasteiger partial charge in [0.2, 0.25) is 0 Å². The van der Waals surface area contributed by atoms with Crippen molar-refractivity contribution in [1.29, 1.82) is 0 Å². The lowest BCUT2D eigenvalue weighted by molar-refractivity contribution is 0.0500. The number of nitrogens with one attached hydrogen (secondary N) is 1. The maximum absolute atomic E-state index is 11.6. The van der Waals surface area contributed by atoms with Crippen LogP contribution in [0.1, 0.15) is 30.1 Å². The van der Waals surface area contributed by atoms with Gasteiger partial charge in [0.1, 0.15) is 0 Å². The van der Waals surface area contributed by atoms with E-state index in [1.165, 1.54) is 0 Å². The fourth-order valence-corrected chi connectivity index (χ4v) is 1.42. The Bertz CT molecular complexity index is 378. The molecule has 0 radical (unpaired) electrons. The Balaban J connectivity index is 2.44. The van der Waals surface area contributed by atoms with E-state index in [9.17, 15) is 9.90 Å². The summed E-state index contributed by atoms with van der Waals surface area (Å²) in [7, 11) is 0.